The molecule has 0 fully saturated rings. The molecule has 0 amide bonds. The molecule has 0 spiro atoms. The molecule has 1 aliphatic rings. The zero-order chi connectivity index (χ0) is 23.2. The Kier molecular flexibility index (Phi) is 7.68. The van der Waals surface area contributed by atoms with Gasteiger partial charge in [0.15, 0.2) is 0 Å². The van der Waals surface area contributed by atoms with Gasteiger partial charge in [-0.25, -0.2) is 8.78 Å². The van der Waals surface area contributed by atoms with Crippen molar-refractivity contribution >= 4 is 5.69 Å². The van der Waals surface area contributed by atoms with Crippen LogP contribution in [0.15, 0.2) is 60.9 Å². The lowest BCUT2D eigenvalue weighted by Crippen LogP contribution is -2.43. The van der Waals surface area contributed by atoms with Gasteiger partial charge in [-0.15, -0.1) is 0 Å². The molecule has 3 N–H and O–H groups in total. The maximum Gasteiger partial charge on any atom is 0.126 e. The summed E-state index contributed by atoms with van der Waals surface area (Å²) < 4.78 is 27.5. The van der Waals surface area contributed by atoms with Crippen molar-refractivity contribution in [2.24, 2.45) is 0 Å². The lowest BCUT2D eigenvalue weighted by molar-refractivity contribution is 0.143. The Balaban J connectivity index is 1.49. The minimum Gasteiger partial charge on any atom is -0.390 e. The Morgan fingerprint density at radius 2 is 1.91 bits per heavy atom. The van der Waals surface area contributed by atoms with Crippen LogP contribution in [0.2, 0.25) is 0 Å². The van der Waals surface area contributed by atoms with Crippen LogP contribution in [0.25, 0.3) is 0 Å². The first kappa shape index (κ1) is 23.3. The Bertz CT molecular complexity index is 1040. The summed E-state index contributed by atoms with van der Waals surface area (Å²) in [5.41, 5.74) is 5.23. The highest BCUT2D eigenvalue weighted by Gasteiger charge is 2.25. The Labute approximate surface area is 194 Å². The van der Waals surface area contributed by atoms with Crippen LogP contribution in [0.4, 0.5) is 14.5 Å². The Morgan fingerprint density at radius 3 is 2.64 bits per heavy atom. The second-order valence-electron chi connectivity index (χ2n) is 8.78. The molecule has 0 saturated carbocycles. The summed E-state index contributed by atoms with van der Waals surface area (Å²) in [6.45, 7) is 2.51. The first-order valence-corrected chi connectivity index (χ1v) is 11.7. The number of benzene rings is 2. The maximum atomic E-state index is 13.8. The number of aliphatic hydroxyl groups excluding tert-OH is 1. The van der Waals surface area contributed by atoms with Gasteiger partial charge in [-0.1, -0.05) is 25.1 Å². The molecule has 6 heteroatoms. The van der Waals surface area contributed by atoms with Crippen molar-refractivity contribution in [1.82, 2.24) is 10.3 Å². The summed E-state index contributed by atoms with van der Waals surface area (Å²) >= 11 is 0. The Hall–Kier alpha value is -2.83. The van der Waals surface area contributed by atoms with Gasteiger partial charge < -0.3 is 15.7 Å². The quantitative estimate of drug-likeness (QED) is 0.430. The smallest absolute Gasteiger partial charge is 0.126 e. The van der Waals surface area contributed by atoms with E-state index in [1.807, 2.05) is 6.07 Å². The average molecular weight is 452 g/mol. The highest BCUT2D eigenvalue weighted by Crippen LogP contribution is 2.31. The van der Waals surface area contributed by atoms with Gasteiger partial charge in [0, 0.05) is 31.0 Å². The molecular formula is C27H31F2N3O. The van der Waals surface area contributed by atoms with Crippen molar-refractivity contribution < 1.29 is 13.9 Å². The van der Waals surface area contributed by atoms with Crippen LogP contribution < -0.4 is 10.6 Å². The van der Waals surface area contributed by atoms with Crippen LogP contribution in [-0.4, -0.2) is 28.8 Å². The monoisotopic (exact) mass is 451 g/mol. The van der Waals surface area contributed by atoms with Gasteiger partial charge in [0.1, 0.15) is 11.6 Å². The van der Waals surface area contributed by atoms with E-state index in [0.717, 1.165) is 37.4 Å². The van der Waals surface area contributed by atoms with Gasteiger partial charge in [-0.05, 0) is 78.6 Å². The SMILES string of the molecule is CCc1ccc2c(c1)[C@@H](NC[C@@H](O)[C@H](Cc1cc(F)cc(F)c1)Nc1cccnc1)CCC2. The van der Waals surface area contributed by atoms with E-state index in [1.54, 1.807) is 18.5 Å². The molecule has 1 heterocycles. The molecule has 4 rings (SSSR count). The van der Waals surface area contributed by atoms with Gasteiger partial charge in [0.05, 0.1) is 17.8 Å². The summed E-state index contributed by atoms with van der Waals surface area (Å²) in [5.74, 6) is -1.24. The van der Waals surface area contributed by atoms with E-state index in [1.165, 1.54) is 28.8 Å². The highest BCUT2D eigenvalue weighted by molar-refractivity contribution is 5.42. The minimum atomic E-state index is -0.781. The Morgan fingerprint density at radius 1 is 1.09 bits per heavy atom. The third-order valence-corrected chi connectivity index (χ3v) is 6.36. The van der Waals surface area contributed by atoms with Crippen molar-refractivity contribution in [3.63, 3.8) is 0 Å². The molecule has 0 bridgehead atoms. The molecule has 0 unspecified atom stereocenters. The number of hydrogen-bond acceptors (Lipinski definition) is 4. The van der Waals surface area contributed by atoms with E-state index >= 15 is 0 Å². The fraction of sp³-hybridized carbons (Fsp3) is 0.370. The molecule has 3 aromatic rings. The van der Waals surface area contributed by atoms with Gasteiger partial charge in [0.25, 0.3) is 0 Å². The lowest BCUT2D eigenvalue weighted by Gasteiger charge is -2.30. The largest absolute Gasteiger partial charge is 0.390 e. The molecular weight excluding hydrogens is 420 g/mol. The van der Waals surface area contributed by atoms with Gasteiger partial charge in [0.2, 0.25) is 0 Å². The van der Waals surface area contributed by atoms with E-state index in [-0.39, 0.29) is 12.5 Å². The number of aromatic nitrogens is 1. The summed E-state index contributed by atoms with van der Waals surface area (Å²) in [4.78, 5) is 4.11. The van der Waals surface area contributed by atoms with Crippen molar-refractivity contribution in [3.05, 3.63) is 94.8 Å². The van der Waals surface area contributed by atoms with E-state index in [4.69, 9.17) is 0 Å². The number of aryl methyl sites for hydroxylation is 2. The highest BCUT2D eigenvalue weighted by atomic mass is 19.1. The molecule has 2 aromatic carbocycles. The lowest BCUT2D eigenvalue weighted by atomic mass is 9.86. The van der Waals surface area contributed by atoms with Crippen molar-refractivity contribution in [2.45, 2.75) is 57.2 Å². The summed E-state index contributed by atoms with van der Waals surface area (Å²) in [7, 11) is 0. The van der Waals surface area contributed by atoms with E-state index < -0.39 is 23.8 Å². The maximum absolute atomic E-state index is 13.8. The number of aliphatic hydroxyl groups is 1. The number of rotatable bonds is 9. The van der Waals surface area contributed by atoms with Crippen LogP contribution in [0.1, 0.15) is 48.1 Å². The van der Waals surface area contributed by atoms with E-state index in [0.29, 0.717) is 12.1 Å². The third-order valence-electron chi connectivity index (χ3n) is 6.36. The molecule has 33 heavy (non-hydrogen) atoms. The van der Waals surface area contributed by atoms with Crippen LogP contribution >= 0.6 is 0 Å². The van der Waals surface area contributed by atoms with Crippen molar-refractivity contribution in [3.8, 4) is 0 Å². The van der Waals surface area contributed by atoms with Crippen molar-refractivity contribution in [1.29, 1.82) is 0 Å². The van der Waals surface area contributed by atoms with Crippen LogP contribution in [0.5, 0.6) is 0 Å². The van der Waals surface area contributed by atoms with Crippen molar-refractivity contribution in [2.75, 3.05) is 11.9 Å². The number of pyridine rings is 1. The van der Waals surface area contributed by atoms with Gasteiger partial charge >= 0.3 is 0 Å². The third kappa shape index (κ3) is 6.15. The molecule has 0 saturated heterocycles. The number of nitrogens with zero attached hydrogens (tertiary/aromatic N) is 1. The zero-order valence-corrected chi connectivity index (χ0v) is 18.9. The molecule has 3 atom stereocenters. The average Bonchev–Trinajstić information content (AvgIpc) is 2.81. The number of anilines is 1. The number of nitrogens with one attached hydrogen (secondary N) is 2. The minimum absolute atomic E-state index is 0.181. The van der Waals surface area contributed by atoms with Crippen LogP contribution in [-0.2, 0) is 19.3 Å². The predicted octanol–water partition coefficient (Wildman–Crippen LogP) is 4.97. The summed E-state index contributed by atoms with van der Waals surface area (Å²) in [6.07, 6.45) is 7.02. The first-order chi connectivity index (χ1) is 16.0. The van der Waals surface area contributed by atoms with Crippen LogP contribution in [0.3, 0.4) is 0 Å². The molecule has 4 nitrogen and oxygen atoms in total. The molecule has 0 radical (unpaired) electrons. The zero-order valence-electron chi connectivity index (χ0n) is 18.9. The molecule has 174 valence electrons. The number of fused-ring (bicyclic) bond motifs is 1. The second-order valence-corrected chi connectivity index (χ2v) is 8.78. The molecule has 1 aliphatic carbocycles. The molecule has 0 aliphatic heterocycles. The second kappa shape index (κ2) is 10.9. The topological polar surface area (TPSA) is 57.2 Å². The first-order valence-electron chi connectivity index (χ1n) is 11.7. The summed E-state index contributed by atoms with van der Waals surface area (Å²) in [6, 6.07) is 13.6. The summed E-state index contributed by atoms with van der Waals surface area (Å²) in [5, 5.41) is 18.0. The number of halogens is 2. The van der Waals surface area contributed by atoms with E-state index in [2.05, 4.69) is 40.7 Å². The van der Waals surface area contributed by atoms with E-state index in [9.17, 15) is 13.9 Å². The number of hydrogen-bond donors (Lipinski definition) is 3. The van der Waals surface area contributed by atoms with Gasteiger partial charge in [-0.3, -0.25) is 4.98 Å². The van der Waals surface area contributed by atoms with Crippen LogP contribution in [0, 0.1) is 11.6 Å². The normalized spacial score (nSPS) is 17.3. The predicted molar refractivity (Wildman–Crippen MR) is 127 cm³/mol. The molecule has 1 aromatic heterocycles. The fourth-order valence-electron chi connectivity index (χ4n) is 4.61. The van der Waals surface area contributed by atoms with Gasteiger partial charge in [-0.2, -0.15) is 0 Å². The fourth-order valence-corrected chi connectivity index (χ4v) is 4.61. The standard InChI is InChI=1S/C27H31F2N3O/c1-2-18-8-9-20-5-3-7-25(24(20)13-18)31-17-27(33)26(32-23-6-4-10-30-16-23)14-19-11-21(28)15-22(29)12-19/h4,6,8-13,15-16,25-27,31-33H,2-3,5,7,14,17H2,1H3/t25-,26-,27+/m0/s1.